The van der Waals surface area contributed by atoms with Gasteiger partial charge in [0.25, 0.3) is 5.69 Å². The number of nitro groups is 1. The molecule has 1 aliphatic heterocycles. The highest BCUT2D eigenvalue weighted by molar-refractivity contribution is 5.89. The molecular weight excluding hydrogens is 388 g/mol. The second-order valence-electron chi connectivity index (χ2n) is 7.48. The van der Waals surface area contributed by atoms with Crippen molar-refractivity contribution in [2.45, 2.75) is 38.5 Å². The van der Waals surface area contributed by atoms with Gasteiger partial charge in [0, 0.05) is 42.5 Å². The Balaban J connectivity index is 1.42. The van der Waals surface area contributed by atoms with Crippen LogP contribution in [0.5, 0.6) is 0 Å². The molecule has 2 atom stereocenters. The van der Waals surface area contributed by atoms with Gasteiger partial charge in [-0.2, -0.15) is 5.10 Å². The van der Waals surface area contributed by atoms with Crippen LogP contribution >= 0.6 is 0 Å². The second-order valence-corrected chi connectivity index (χ2v) is 7.48. The summed E-state index contributed by atoms with van der Waals surface area (Å²) in [5, 5.41) is 18.7. The average Bonchev–Trinajstić information content (AvgIpc) is 3.42. The molecule has 2 aromatic heterocycles. The van der Waals surface area contributed by atoms with Crippen molar-refractivity contribution < 1.29 is 14.5 Å². The maximum atomic E-state index is 12.6. The fraction of sp³-hybridized carbons (Fsp3) is 0.300. The number of ether oxygens (including phenoxy) is 1. The summed E-state index contributed by atoms with van der Waals surface area (Å²) < 4.78 is 7.49. The molecule has 0 fully saturated rings. The van der Waals surface area contributed by atoms with Crippen LogP contribution in [0.15, 0.2) is 36.8 Å². The molecule has 2 aliphatic rings. The fourth-order valence-electron chi connectivity index (χ4n) is 4.05. The third-order valence-corrected chi connectivity index (χ3v) is 5.52. The topological polar surface area (TPSA) is 125 Å². The SMILES string of the molecule is C[C@@H]1C[C@@H](OC(=O)c2ccc([N+](=O)[O-])cc2)c2ncnc(-n3cc4c(n3)CNC4)c21. The Morgan fingerprint density at radius 3 is 2.80 bits per heavy atom. The van der Waals surface area contributed by atoms with E-state index in [9.17, 15) is 14.9 Å². The van der Waals surface area contributed by atoms with Gasteiger partial charge < -0.3 is 10.1 Å². The fourth-order valence-corrected chi connectivity index (χ4v) is 4.05. The van der Waals surface area contributed by atoms with E-state index in [0.29, 0.717) is 17.9 Å². The Morgan fingerprint density at radius 1 is 1.27 bits per heavy atom. The van der Waals surface area contributed by atoms with Crippen molar-refractivity contribution in [1.29, 1.82) is 0 Å². The number of benzene rings is 1. The molecule has 0 radical (unpaired) electrons. The first-order chi connectivity index (χ1) is 14.5. The quantitative estimate of drug-likeness (QED) is 0.398. The number of fused-ring (bicyclic) bond motifs is 2. The van der Waals surface area contributed by atoms with Gasteiger partial charge in [0.1, 0.15) is 12.4 Å². The zero-order valence-electron chi connectivity index (χ0n) is 16.1. The molecule has 1 N–H and O–H groups in total. The highest BCUT2D eigenvalue weighted by atomic mass is 16.6. The summed E-state index contributed by atoms with van der Waals surface area (Å²) in [5.41, 5.74) is 3.94. The lowest BCUT2D eigenvalue weighted by molar-refractivity contribution is -0.384. The first-order valence-corrected chi connectivity index (χ1v) is 9.60. The molecular formula is C20H18N6O4. The van der Waals surface area contributed by atoms with Gasteiger partial charge in [-0.3, -0.25) is 10.1 Å². The molecule has 0 saturated heterocycles. The van der Waals surface area contributed by atoms with Crippen molar-refractivity contribution in [1.82, 2.24) is 25.1 Å². The molecule has 0 amide bonds. The van der Waals surface area contributed by atoms with E-state index in [-0.39, 0.29) is 17.2 Å². The smallest absolute Gasteiger partial charge is 0.338 e. The summed E-state index contributed by atoms with van der Waals surface area (Å²) in [4.78, 5) is 31.7. The monoisotopic (exact) mass is 406 g/mol. The second kappa shape index (κ2) is 6.99. The Hall–Kier alpha value is -3.66. The van der Waals surface area contributed by atoms with Crippen LogP contribution in [0, 0.1) is 10.1 Å². The van der Waals surface area contributed by atoms with Crippen LogP contribution < -0.4 is 5.32 Å². The number of hydrogen-bond acceptors (Lipinski definition) is 8. The summed E-state index contributed by atoms with van der Waals surface area (Å²) in [5.74, 6) is 0.248. The standard InChI is InChI=1S/C20H18N6O4/c1-11-6-16(30-20(27)12-2-4-14(5-3-12)26(28)29)18-17(11)19(23-10-22-18)25-9-13-7-21-8-15(13)24-25/h2-5,9-11,16,21H,6-8H2,1H3/t11-,16-/m1/s1. The maximum absolute atomic E-state index is 12.6. The molecule has 3 heterocycles. The van der Waals surface area contributed by atoms with E-state index in [1.165, 1.54) is 30.6 Å². The normalized spacial score (nSPS) is 19.4. The van der Waals surface area contributed by atoms with Crippen LogP contribution in [0.1, 0.15) is 58.2 Å². The minimum Gasteiger partial charge on any atom is -0.452 e. The van der Waals surface area contributed by atoms with E-state index in [2.05, 4.69) is 20.4 Å². The molecule has 10 nitrogen and oxygen atoms in total. The zero-order valence-corrected chi connectivity index (χ0v) is 16.1. The largest absolute Gasteiger partial charge is 0.452 e. The van der Waals surface area contributed by atoms with Crippen molar-refractivity contribution >= 4 is 11.7 Å². The number of nitro benzene ring substituents is 1. The predicted octanol–water partition coefficient (Wildman–Crippen LogP) is 2.58. The van der Waals surface area contributed by atoms with Crippen molar-refractivity contribution in [3.63, 3.8) is 0 Å². The van der Waals surface area contributed by atoms with E-state index < -0.39 is 17.0 Å². The van der Waals surface area contributed by atoms with Crippen LogP contribution in [-0.2, 0) is 17.8 Å². The Morgan fingerprint density at radius 2 is 2.07 bits per heavy atom. The third kappa shape index (κ3) is 3.01. The highest BCUT2D eigenvalue weighted by Gasteiger charge is 2.36. The molecule has 5 rings (SSSR count). The van der Waals surface area contributed by atoms with E-state index >= 15 is 0 Å². The van der Waals surface area contributed by atoms with Gasteiger partial charge in [-0.05, 0) is 24.5 Å². The number of carbonyl (C=O) groups is 1. The molecule has 30 heavy (non-hydrogen) atoms. The lowest BCUT2D eigenvalue weighted by Gasteiger charge is -2.13. The van der Waals surface area contributed by atoms with Crippen molar-refractivity contribution in [2.24, 2.45) is 0 Å². The summed E-state index contributed by atoms with van der Waals surface area (Å²) in [6.45, 7) is 3.57. The molecule has 3 aromatic rings. The lowest BCUT2D eigenvalue weighted by Crippen LogP contribution is -2.12. The molecule has 0 unspecified atom stereocenters. The van der Waals surface area contributed by atoms with Gasteiger partial charge in [0.15, 0.2) is 5.82 Å². The number of non-ortho nitro benzene ring substituents is 1. The number of hydrogen-bond donors (Lipinski definition) is 1. The van der Waals surface area contributed by atoms with E-state index in [1.807, 2.05) is 13.1 Å². The maximum Gasteiger partial charge on any atom is 0.338 e. The summed E-state index contributed by atoms with van der Waals surface area (Å²) in [7, 11) is 0. The first-order valence-electron chi connectivity index (χ1n) is 9.60. The van der Waals surface area contributed by atoms with Gasteiger partial charge in [0.2, 0.25) is 0 Å². The number of rotatable bonds is 4. The van der Waals surface area contributed by atoms with Gasteiger partial charge in [-0.1, -0.05) is 6.92 Å². The van der Waals surface area contributed by atoms with E-state index in [4.69, 9.17) is 4.74 Å². The molecule has 152 valence electrons. The van der Waals surface area contributed by atoms with Gasteiger partial charge in [-0.15, -0.1) is 0 Å². The average molecular weight is 406 g/mol. The lowest BCUT2D eigenvalue weighted by atomic mass is 10.1. The van der Waals surface area contributed by atoms with Gasteiger partial charge in [0.05, 0.1) is 21.9 Å². The molecule has 10 heteroatoms. The summed E-state index contributed by atoms with van der Waals surface area (Å²) in [6, 6.07) is 5.36. The molecule has 0 bridgehead atoms. The van der Waals surface area contributed by atoms with Crippen molar-refractivity contribution in [3.05, 3.63) is 75.0 Å². The number of nitrogens with zero attached hydrogens (tertiary/aromatic N) is 5. The Kier molecular flexibility index (Phi) is 4.28. The predicted molar refractivity (Wildman–Crippen MR) is 104 cm³/mol. The first kappa shape index (κ1) is 18.4. The Labute approximate surface area is 171 Å². The highest BCUT2D eigenvalue weighted by Crippen LogP contribution is 2.43. The van der Waals surface area contributed by atoms with Crippen LogP contribution in [0.4, 0.5) is 5.69 Å². The molecule has 1 aliphatic carbocycles. The van der Waals surface area contributed by atoms with E-state index in [0.717, 1.165) is 29.9 Å². The third-order valence-electron chi connectivity index (χ3n) is 5.52. The summed E-state index contributed by atoms with van der Waals surface area (Å²) in [6.07, 6.45) is 3.51. The van der Waals surface area contributed by atoms with Crippen LogP contribution in [-0.4, -0.2) is 30.6 Å². The molecule has 1 aromatic carbocycles. The van der Waals surface area contributed by atoms with Crippen molar-refractivity contribution in [3.8, 4) is 5.82 Å². The van der Waals surface area contributed by atoms with Crippen LogP contribution in [0.3, 0.4) is 0 Å². The number of carbonyl (C=O) groups excluding carboxylic acids is 1. The minimum atomic E-state index is -0.542. The van der Waals surface area contributed by atoms with Crippen molar-refractivity contribution in [2.75, 3.05) is 0 Å². The summed E-state index contributed by atoms with van der Waals surface area (Å²) >= 11 is 0. The number of aromatic nitrogens is 4. The number of nitrogens with one attached hydrogen (secondary N) is 1. The Bertz CT molecular complexity index is 1140. The number of esters is 1. The van der Waals surface area contributed by atoms with E-state index in [1.54, 1.807) is 4.68 Å². The zero-order chi connectivity index (χ0) is 20.8. The van der Waals surface area contributed by atoms with Gasteiger partial charge >= 0.3 is 5.97 Å². The van der Waals surface area contributed by atoms with Gasteiger partial charge in [-0.25, -0.2) is 19.4 Å². The molecule has 0 saturated carbocycles. The minimum absolute atomic E-state index is 0.0786. The molecule has 0 spiro atoms. The van der Waals surface area contributed by atoms with Crippen LogP contribution in [0.2, 0.25) is 0 Å². The van der Waals surface area contributed by atoms with Crippen LogP contribution in [0.25, 0.3) is 5.82 Å².